The quantitative estimate of drug-likeness (QED) is 0.172. The summed E-state index contributed by atoms with van der Waals surface area (Å²) in [7, 11) is 1.42. The number of aromatic nitrogens is 4. The van der Waals surface area contributed by atoms with Gasteiger partial charge in [0.15, 0.2) is 5.65 Å². The maximum Gasteiger partial charge on any atom is 0.305 e. The topological polar surface area (TPSA) is 102 Å². The van der Waals surface area contributed by atoms with Gasteiger partial charge in [-0.1, -0.05) is 43.7 Å². The third-order valence-corrected chi connectivity index (χ3v) is 5.38. The zero-order valence-corrected chi connectivity index (χ0v) is 20.4. The van der Waals surface area contributed by atoms with Crippen molar-refractivity contribution < 1.29 is 14.3 Å². The number of carbonyl (C=O) groups is 1. The molecule has 0 aliphatic carbocycles. The molecule has 1 aromatic carbocycles. The van der Waals surface area contributed by atoms with Crippen LogP contribution in [0.2, 0.25) is 0 Å². The molecule has 0 atom stereocenters. The predicted octanol–water partition coefficient (Wildman–Crippen LogP) is 5.83. The maximum absolute atomic E-state index is 11.1. The van der Waals surface area contributed by atoms with Crippen LogP contribution in [-0.4, -0.2) is 39.6 Å². The smallest absolute Gasteiger partial charge is 0.305 e. The van der Waals surface area contributed by atoms with Crippen LogP contribution in [0, 0.1) is 0 Å². The van der Waals surface area contributed by atoms with Crippen LogP contribution in [0.15, 0.2) is 67.0 Å². The third kappa shape index (κ3) is 8.10. The van der Waals surface area contributed by atoms with Crippen LogP contribution >= 0.6 is 0 Å². The first-order chi connectivity index (χ1) is 17.1. The zero-order chi connectivity index (χ0) is 24.9. The van der Waals surface area contributed by atoms with Gasteiger partial charge in [-0.3, -0.25) is 4.79 Å². The van der Waals surface area contributed by atoms with Gasteiger partial charge in [0.2, 0.25) is 5.95 Å². The summed E-state index contributed by atoms with van der Waals surface area (Å²) in [6.07, 6.45) is 14.3. The van der Waals surface area contributed by atoms with Crippen molar-refractivity contribution in [3.8, 4) is 5.75 Å². The summed E-state index contributed by atoms with van der Waals surface area (Å²) in [6.45, 7) is 6.52. The molecule has 0 fully saturated rings. The number of benzene rings is 1. The van der Waals surface area contributed by atoms with Gasteiger partial charge in [0.25, 0.3) is 0 Å². The average Bonchev–Trinajstić information content (AvgIpc) is 3.35. The average molecular weight is 476 g/mol. The van der Waals surface area contributed by atoms with Crippen molar-refractivity contribution in [3.63, 3.8) is 0 Å². The van der Waals surface area contributed by atoms with Crippen molar-refractivity contribution in [2.75, 3.05) is 19.0 Å². The minimum Gasteiger partial charge on any atom is -0.494 e. The number of aromatic amines is 1. The van der Waals surface area contributed by atoms with Gasteiger partial charge in [-0.15, -0.1) is 0 Å². The Morgan fingerprint density at radius 3 is 2.69 bits per heavy atom. The number of hydrogen-bond donors (Lipinski definition) is 2. The summed E-state index contributed by atoms with van der Waals surface area (Å²) in [6, 6.07) is 7.71. The van der Waals surface area contributed by atoms with Crippen molar-refractivity contribution in [1.82, 2.24) is 19.9 Å². The molecule has 0 aliphatic rings. The Bertz CT molecular complexity index is 1170. The number of anilines is 2. The number of unbranched alkanes of at least 4 members (excludes halogenated alkanes) is 3. The molecule has 35 heavy (non-hydrogen) atoms. The van der Waals surface area contributed by atoms with Crippen LogP contribution < -0.4 is 10.1 Å². The van der Waals surface area contributed by atoms with Gasteiger partial charge >= 0.3 is 5.97 Å². The fourth-order valence-electron chi connectivity index (χ4n) is 3.47. The van der Waals surface area contributed by atoms with Gasteiger partial charge in [0.05, 0.1) is 25.7 Å². The Morgan fingerprint density at radius 2 is 1.94 bits per heavy atom. The lowest BCUT2D eigenvalue weighted by Crippen LogP contribution is -2.03. The first kappa shape index (κ1) is 25.7. The molecule has 0 bridgehead atoms. The van der Waals surface area contributed by atoms with E-state index in [2.05, 4.69) is 31.6 Å². The molecule has 0 saturated heterocycles. The second kappa shape index (κ2) is 13.7. The molecule has 2 N–H and O–H groups in total. The van der Waals surface area contributed by atoms with Gasteiger partial charge in [0, 0.05) is 18.5 Å². The van der Waals surface area contributed by atoms with Crippen LogP contribution in [0.5, 0.6) is 5.75 Å². The van der Waals surface area contributed by atoms with Gasteiger partial charge < -0.3 is 19.8 Å². The summed E-state index contributed by atoms with van der Waals surface area (Å²) < 4.78 is 10.5. The molecule has 0 amide bonds. The molecular formula is C27H33N5O3. The van der Waals surface area contributed by atoms with E-state index in [0.717, 1.165) is 53.9 Å². The molecule has 2 aromatic heterocycles. The first-order valence-electron chi connectivity index (χ1n) is 11.8. The number of methoxy groups -OCH3 is 1. The molecule has 0 saturated carbocycles. The third-order valence-electron chi connectivity index (χ3n) is 5.38. The summed E-state index contributed by atoms with van der Waals surface area (Å²) in [5.74, 6) is 1.14. The standard InChI is InChI=1S/C27H33N5O3/c1-4-6-11-20(5-2)18-23-25-26(29-19-28-25)32-27(31-23)30-21-13-15-22(16-14-21)35-17-10-8-7-9-12-24(33)34-3/h4-6,11,13-16,19H,2,7-10,12,17-18H2,1,3H3,(H2,28,29,30,31,32)/b6-4?,20-11+. The Balaban J connectivity index is 1.55. The van der Waals surface area contributed by atoms with Crippen LogP contribution in [0.25, 0.3) is 11.2 Å². The zero-order valence-electron chi connectivity index (χ0n) is 20.4. The predicted molar refractivity (Wildman–Crippen MR) is 139 cm³/mol. The number of hydrogen-bond acceptors (Lipinski definition) is 7. The minimum absolute atomic E-state index is 0.149. The van der Waals surface area contributed by atoms with Crippen LogP contribution in [0.4, 0.5) is 11.6 Å². The lowest BCUT2D eigenvalue weighted by Gasteiger charge is -2.10. The fourth-order valence-corrected chi connectivity index (χ4v) is 3.47. The van der Waals surface area contributed by atoms with Crippen molar-refractivity contribution in [3.05, 3.63) is 72.7 Å². The first-order valence-corrected chi connectivity index (χ1v) is 11.8. The Labute approximate surface area is 206 Å². The highest BCUT2D eigenvalue weighted by Gasteiger charge is 2.11. The van der Waals surface area contributed by atoms with E-state index in [9.17, 15) is 4.79 Å². The summed E-state index contributed by atoms with van der Waals surface area (Å²) in [5.41, 5.74) is 4.18. The highest BCUT2D eigenvalue weighted by atomic mass is 16.5. The Kier molecular flexibility index (Phi) is 10.0. The highest BCUT2D eigenvalue weighted by molar-refractivity contribution is 5.75. The normalized spacial score (nSPS) is 11.7. The Morgan fingerprint density at radius 1 is 1.14 bits per heavy atom. The number of carbonyl (C=O) groups excluding carboxylic acids is 1. The van der Waals surface area contributed by atoms with Crippen molar-refractivity contribution in [1.29, 1.82) is 0 Å². The van der Waals surface area contributed by atoms with Gasteiger partial charge in [0.1, 0.15) is 11.3 Å². The second-order valence-corrected chi connectivity index (χ2v) is 7.98. The van der Waals surface area contributed by atoms with Crippen molar-refractivity contribution in [2.24, 2.45) is 0 Å². The molecule has 0 radical (unpaired) electrons. The van der Waals surface area contributed by atoms with Crippen LogP contribution in [0.3, 0.4) is 0 Å². The Hall–Kier alpha value is -3.94. The maximum atomic E-state index is 11.1. The number of ether oxygens (including phenoxy) is 2. The molecule has 3 aromatic rings. The SMILES string of the molecule is C=C/C(=C\C=CC)Cc1nc(Nc2ccc(OCCCCCCC(=O)OC)cc2)nc2nc[nH]c12. The van der Waals surface area contributed by atoms with E-state index in [1.165, 1.54) is 7.11 Å². The van der Waals surface area contributed by atoms with E-state index in [1.54, 1.807) is 6.33 Å². The molecule has 8 heteroatoms. The van der Waals surface area contributed by atoms with E-state index in [0.29, 0.717) is 31.0 Å². The largest absolute Gasteiger partial charge is 0.494 e. The van der Waals surface area contributed by atoms with Gasteiger partial charge in [-0.2, -0.15) is 4.98 Å². The summed E-state index contributed by atoms with van der Waals surface area (Å²) in [4.78, 5) is 27.8. The molecule has 3 rings (SSSR count). The van der Waals surface area contributed by atoms with E-state index < -0.39 is 0 Å². The number of rotatable bonds is 14. The van der Waals surface area contributed by atoms with E-state index in [-0.39, 0.29) is 5.97 Å². The number of H-pyrrole nitrogens is 1. The van der Waals surface area contributed by atoms with Gasteiger partial charge in [-0.05, 0) is 49.6 Å². The number of fused-ring (bicyclic) bond motifs is 1. The second-order valence-electron chi connectivity index (χ2n) is 7.98. The fraction of sp³-hybridized carbons (Fsp3) is 0.333. The molecule has 2 heterocycles. The van der Waals surface area contributed by atoms with Crippen molar-refractivity contribution >= 4 is 28.8 Å². The van der Waals surface area contributed by atoms with E-state index >= 15 is 0 Å². The van der Waals surface area contributed by atoms with Crippen LogP contribution in [-0.2, 0) is 16.0 Å². The van der Waals surface area contributed by atoms with Crippen molar-refractivity contribution in [2.45, 2.75) is 45.4 Å². The van der Waals surface area contributed by atoms with E-state index in [4.69, 9.17) is 9.72 Å². The summed E-state index contributed by atoms with van der Waals surface area (Å²) >= 11 is 0. The molecule has 0 aliphatic heterocycles. The number of allylic oxidation sites excluding steroid dienone is 5. The highest BCUT2D eigenvalue weighted by Crippen LogP contribution is 2.22. The lowest BCUT2D eigenvalue weighted by molar-refractivity contribution is -0.140. The molecule has 0 unspecified atom stereocenters. The number of imidazole rings is 1. The number of nitrogens with one attached hydrogen (secondary N) is 2. The molecule has 0 spiro atoms. The lowest BCUT2D eigenvalue weighted by atomic mass is 10.1. The summed E-state index contributed by atoms with van der Waals surface area (Å²) in [5, 5.41) is 3.26. The van der Waals surface area contributed by atoms with Gasteiger partial charge in [-0.25, -0.2) is 9.97 Å². The van der Waals surface area contributed by atoms with Crippen LogP contribution in [0.1, 0.15) is 44.7 Å². The molecular weight excluding hydrogens is 442 g/mol. The molecule has 8 nitrogen and oxygen atoms in total. The number of nitrogens with zero attached hydrogens (tertiary/aromatic N) is 3. The monoisotopic (exact) mass is 475 g/mol. The van der Waals surface area contributed by atoms with E-state index in [1.807, 2.05) is 55.5 Å². The molecule has 184 valence electrons. The number of esters is 1. The minimum atomic E-state index is -0.149.